The van der Waals surface area contributed by atoms with E-state index in [2.05, 4.69) is 201 Å². The zero-order chi connectivity index (χ0) is 43.7. The van der Waals surface area contributed by atoms with Crippen LogP contribution in [0.25, 0.3) is 61.9 Å². The summed E-state index contributed by atoms with van der Waals surface area (Å²) in [7, 11) is 0. The quantitative estimate of drug-likeness (QED) is 0.109. The highest BCUT2D eigenvalue weighted by Crippen LogP contribution is 2.34. The standard InChI is InChI=1S/C60H48N4/c1-60(2,53-36-24-43(25-37-53)42-62-56(48-20-12-6-13-21-48)40-55(61-3)50-30-26-46(27-31-50)44-16-8-4-9-17-44)54-38-34-52(35-39-54)59-63-57(49-22-14-7-15-23-49)41-58(64-59)51-32-28-47(29-33-51)45-18-10-5-11-19-45/h4-41H,3,42H2,1-2H3/b55-40-,62-56?. The molecule has 0 fully saturated rings. The number of aromatic nitrogens is 2. The van der Waals surface area contributed by atoms with Crippen molar-refractivity contribution in [3.8, 4) is 56.2 Å². The number of allylic oxidation sites excluding steroid dienone is 1. The Kier molecular flexibility index (Phi) is 12.2. The minimum Gasteiger partial charge on any atom is -0.280 e. The lowest BCUT2D eigenvalue weighted by molar-refractivity contribution is 0.640. The van der Waals surface area contributed by atoms with Crippen LogP contribution in [0, 0.1) is 0 Å². The molecule has 64 heavy (non-hydrogen) atoms. The molecular formula is C60H48N4. The van der Waals surface area contributed by atoms with Gasteiger partial charge in [0.1, 0.15) is 0 Å². The maximum absolute atomic E-state index is 5.14. The van der Waals surface area contributed by atoms with Gasteiger partial charge in [0, 0.05) is 27.7 Å². The van der Waals surface area contributed by atoms with Gasteiger partial charge in [-0.1, -0.05) is 232 Å². The maximum atomic E-state index is 5.14. The average molecular weight is 825 g/mol. The van der Waals surface area contributed by atoms with Gasteiger partial charge in [-0.2, -0.15) is 0 Å². The molecule has 4 nitrogen and oxygen atoms in total. The molecule has 4 heteroatoms. The van der Waals surface area contributed by atoms with Gasteiger partial charge in [-0.3, -0.25) is 9.98 Å². The normalized spacial score (nSPS) is 11.9. The van der Waals surface area contributed by atoms with Crippen molar-refractivity contribution in [2.45, 2.75) is 25.8 Å². The Morgan fingerprint density at radius 2 is 0.859 bits per heavy atom. The molecule has 0 saturated heterocycles. The molecule has 0 saturated carbocycles. The van der Waals surface area contributed by atoms with E-state index in [4.69, 9.17) is 15.0 Å². The fourth-order valence-corrected chi connectivity index (χ4v) is 7.99. The average Bonchev–Trinajstić information content (AvgIpc) is 3.37. The molecule has 1 heterocycles. The Morgan fingerprint density at radius 1 is 0.453 bits per heavy atom. The smallest absolute Gasteiger partial charge is 0.160 e. The maximum Gasteiger partial charge on any atom is 0.160 e. The van der Waals surface area contributed by atoms with Gasteiger partial charge >= 0.3 is 0 Å². The molecule has 0 amide bonds. The van der Waals surface area contributed by atoms with Gasteiger partial charge in [0.15, 0.2) is 5.82 Å². The summed E-state index contributed by atoms with van der Waals surface area (Å²) in [5.41, 5.74) is 16.5. The van der Waals surface area contributed by atoms with Crippen molar-refractivity contribution >= 4 is 18.1 Å². The van der Waals surface area contributed by atoms with Gasteiger partial charge < -0.3 is 0 Å². The van der Waals surface area contributed by atoms with Crippen LogP contribution in [-0.4, -0.2) is 22.4 Å². The molecule has 0 atom stereocenters. The number of hydrogen-bond donors (Lipinski definition) is 0. The first-order valence-corrected chi connectivity index (χ1v) is 21.7. The summed E-state index contributed by atoms with van der Waals surface area (Å²) in [5.74, 6) is 0.694. The van der Waals surface area contributed by atoms with E-state index in [-0.39, 0.29) is 5.41 Å². The fraction of sp³-hybridized carbons (Fsp3) is 0.0667. The second-order valence-corrected chi connectivity index (χ2v) is 16.4. The summed E-state index contributed by atoms with van der Waals surface area (Å²) in [6.45, 7) is 8.99. The van der Waals surface area contributed by atoms with Crippen molar-refractivity contribution in [3.63, 3.8) is 0 Å². The lowest BCUT2D eigenvalue weighted by atomic mass is 9.78. The molecule has 9 aromatic rings. The Bertz CT molecular complexity index is 3030. The van der Waals surface area contributed by atoms with Gasteiger partial charge in [-0.25, -0.2) is 9.97 Å². The molecule has 9 rings (SSSR count). The van der Waals surface area contributed by atoms with Gasteiger partial charge in [0.25, 0.3) is 0 Å². The Morgan fingerprint density at radius 3 is 1.38 bits per heavy atom. The van der Waals surface area contributed by atoms with E-state index < -0.39 is 0 Å². The third kappa shape index (κ3) is 9.37. The van der Waals surface area contributed by atoms with Crippen LogP contribution in [0.2, 0.25) is 0 Å². The second-order valence-electron chi connectivity index (χ2n) is 16.4. The first-order chi connectivity index (χ1) is 31.4. The summed E-state index contributed by atoms with van der Waals surface area (Å²) >= 11 is 0. The van der Waals surface area contributed by atoms with Crippen LogP contribution in [0.1, 0.15) is 41.7 Å². The third-order valence-electron chi connectivity index (χ3n) is 11.9. The van der Waals surface area contributed by atoms with E-state index in [9.17, 15) is 0 Å². The number of rotatable bonds is 13. The zero-order valence-electron chi connectivity index (χ0n) is 36.1. The number of hydrogen-bond acceptors (Lipinski definition) is 4. The van der Waals surface area contributed by atoms with E-state index in [1.54, 1.807) is 0 Å². The summed E-state index contributed by atoms with van der Waals surface area (Å²) < 4.78 is 0. The van der Waals surface area contributed by atoms with Crippen LogP contribution < -0.4 is 0 Å². The lowest BCUT2D eigenvalue weighted by Crippen LogP contribution is -2.18. The van der Waals surface area contributed by atoms with Crippen LogP contribution in [0.15, 0.2) is 241 Å². The van der Waals surface area contributed by atoms with Crippen LogP contribution >= 0.6 is 0 Å². The highest BCUT2D eigenvalue weighted by Gasteiger charge is 2.23. The van der Waals surface area contributed by atoms with E-state index in [1.165, 1.54) is 27.8 Å². The topological polar surface area (TPSA) is 50.5 Å². The van der Waals surface area contributed by atoms with Crippen LogP contribution in [0.5, 0.6) is 0 Å². The molecule has 0 aliphatic carbocycles. The predicted octanol–water partition coefficient (Wildman–Crippen LogP) is 14.9. The predicted molar refractivity (Wildman–Crippen MR) is 268 cm³/mol. The van der Waals surface area contributed by atoms with Crippen molar-refractivity contribution in [2.75, 3.05) is 0 Å². The van der Waals surface area contributed by atoms with Crippen molar-refractivity contribution in [3.05, 3.63) is 258 Å². The van der Waals surface area contributed by atoms with Crippen molar-refractivity contribution in [1.29, 1.82) is 0 Å². The summed E-state index contributed by atoms with van der Waals surface area (Å²) in [5, 5.41) is 0. The van der Waals surface area contributed by atoms with Crippen LogP contribution in [0.3, 0.4) is 0 Å². The van der Waals surface area contributed by atoms with Gasteiger partial charge in [0.2, 0.25) is 0 Å². The summed E-state index contributed by atoms with van der Waals surface area (Å²) in [6, 6.07) is 78.1. The first kappa shape index (κ1) is 41.3. The number of benzene rings is 8. The highest BCUT2D eigenvalue weighted by molar-refractivity contribution is 6.12. The minimum atomic E-state index is -0.253. The molecular weight excluding hydrogens is 777 g/mol. The summed E-state index contributed by atoms with van der Waals surface area (Å²) in [4.78, 5) is 19.8. The van der Waals surface area contributed by atoms with Gasteiger partial charge in [0.05, 0.1) is 29.3 Å². The van der Waals surface area contributed by atoms with E-state index >= 15 is 0 Å². The summed E-state index contributed by atoms with van der Waals surface area (Å²) in [6.07, 6.45) is 2.04. The lowest BCUT2D eigenvalue weighted by Gasteiger charge is -2.26. The Hall–Kier alpha value is -8.08. The van der Waals surface area contributed by atoms with Crippen molar-refractivity contribution in [1.82, 2.24) is 9.97 Å². The number of aliphatic imine (C=N–C) groups is 2. The molecule has 0 unspecified atom stereocenters. The van der Waals surface area contributed by atoms with E-state index in [1.807, 2.05) is 54.6 Å². The van der Waals surface area contributed by atoms with Gasteiger partial charge in [-0.15, -0.1) is 0 Å². The third-order valence-corrected chi connectivity index (χ3v) is 11.9. The molecule has 1 aromatic heterocycles. The van der Waals surface area contributed by atoms with Crippen LogP contribution in [0.4, 0.5) is 0 Å². The fourth-order valence-electron chi connectivity index (χ4n) is 7.99. The molecule has 0 aliphatic rings. The largest absolute Gasteiger partial charge is 0.280 e. The Balaban J connectivity index is 0.948. The first-order valence-electron chi connectivity index (χ1n) is 21.7. The zero-order valence-corrected chi connectivity index (χ0v) is 36.1. The van der Waals surface area contributed by atoms with E-state index in [0.29, 0.717) is 12.4 Å². The molecule has 0 spiro atoms. The SMILES string of the molecule is C=N/C(=C\C(=NCc1ccc(C(C)(C)c2ccc(-c3nc(-c4ccccc4)cc(-c4ccc(-c5ccccc5)cc4)n3)cc2)cc1)c1ccccc1)c1ccc(-c2ccccc2)cc1. The highest BCUT2D eigenvalue weighted by atomic mass is 14.9. The number of nitrogens with zero attached hydrogens (tertiary/aromatic N) is 4. The molecule has 0 aliphatic heterocycles. The minimum absolute atomic E-state index is 0.253. The molecule has 0 radical (unpaired) electrons. The molecule has 0 bridgehead atoms. The van der Waals surface area contributed by atoms with Crippen LogP contribution in [-0.2, 0) is 12.0 Å². The van der Waals surface area contributed by atoms with Crippen molar-refractivity contribution in [2.24, 2.45) is 9.98 Å². The monoisotopic (exact) mass is 824 g/mol. The van der Waals surface area contributed by atoms with Crippen molar-refractivity contribution < 1.29 is 0 Å². The molecule has 8 aromatic carbocycles. The molecule has 308 valence electrons. The van der Waals surface area contributed by atoms with E-state index in [0.717, 1.165) is 61.7 Å². The molecule has 0 N–H and O–H groups in total. The van der Waals surface area contributed by atoms with Gasteiger partial charge in [-0.05, 0) is 63.4 Å². The Labute approximate surface area is 376 Å². The second kappa shape index (κ2) is 18.9.